The molecule has 8 nitrogen and oxygen atoms in total. The van der Waals surface area contributed by atoms with E-state index in [1.807, 2.05) is 11.8 Å². The van der Waals surface area contributed by atoms with Crippen molar-refractivity contribution in [1.29, 1.82) is 0 Å². The van der Waals surface area contributed by atoms with Crippen molar-refractivity contribution in [2.24, 2.45) is 0 Å². The van der Waals surface area contributed by atoms with Crippen molar-refractivity contribution in [2.45, 2.75) is 19.1 Å². The molecule has 0 radical (unpaired) electrons. The Morgan fingerprint density at radius 1 is 1.63 bits per heavy atom. The van der Waals surface area contributed by atoms with E-state index in [4.69, 9.17) is 4.74 Å². The molecule has 3 rings (SSSR count). The zero-order valence-electron chi connectivity index (χ0n) is 10.5. The molecule has 1 aliphatic rings. The Bertz CT molecular complexity index is 637. The zero-order valence-corrected chi connectivity index (χ0v) is 10.5. The van der Waals surface area contributed by atoms with Crippen LogP contribution in [-0.2, 0) is 4.74 Å². The molecule has 1 aliphatic heterocycles. The number of rotatable bonds is 2. The predicted octanol–water partition coefficient (Wildman–Crippen LogP) is -0.996. The monoisotopic (exact) mass is 265 g/mol. The third-order valence-corrected chi connectivity index (χ3v) is 3.30. The first-order valence-electron chi connectivity index (χ1n) is 6.11. The number of hydrogen-bond acceptors (Lipinski definition) is 6. The minimum atomic E-state index is -0.308. The number of aromatic nitrogens is 4. The lowest BCUT2D eigenvalue weighted by atomic mass is 10.2. The number of aromatic amines is 1. The highest BCUT2D eigenvalue weighted by Gasteiger charge is 2.26. The third kappa shape index (κ3) is 2.08. The summed E-state index contributed by atoms with van der Waals surface area (Å²) in [5.74, 6) is 0.723. The van der Waals surface area contributed by atoms with Gasteiger partial charge in [-0.1, -0.05) is 0 Å². The Balaban J connectivity index is 1.95. The second-order valence-corrected chi connectivity index (χ2v) is 4.64. The molecule has 0 spiro atoms. The van der Waals surface area contributed by atoms with Gasteiger partial charge in [0.1, 0.15) is 12.1 Å². The molecule has 8 heteroatoms. The molecule has 1 saturated heterocycles. The molecule has 0 aromatic carbocycles. The highest BCUT2D eigenvalue weighted by molar-refractivity contribution is 5.51. The van der Waals surface area contributed by atoms with Gasteiger partial charge in [0.05, 0.1) is 25.4 Å². The second kappa shape index (κ2) is 4.63. The molecule has 3 heterocycles. The number of nitrogens with zero attached hydrogens (tertiary/aromatic N) is 4. The van der Waals surface area contributed by atoms with E-state index in [1.54, 1.807) is 6.07 Å². The molecule has 0 bridgehead atoms. The number of nitrogens with one attached hydrogen (secondary N) is 1. The first-order chi connectivity index (χ1) is 9.19. The molecule has 2 unspecified atom stereocenters. The number of aliphatic hydroxyl groups excluding tert-OH is 1. The predicted molar refractivity (Wildman–Crippen MR) is 67.2 cm³/mol. The Morgan fingerprint density at radius 3 is 3.26 bits per heavy atom. The largest absolute Gasteiger partial charge is 0.394 e. The van der Waals surface area contributed by atoms with Crippen LogP contribution >= 0.6 is 0 Å². The molecule has 2 atom stereocenters. The summed E-state index contributed by atoms with van der Waals surface area (Å²) in [6, 6.07) is 1.90. The molecule has 2 N–H and O–H groups in total. The van der Waals surface area contributed by atoms with Crippen molar-refractivity contribution in [1.82, 2.24) is 19.6 Å². The highest BCUT2D eigenvalue weighted by Crippen LogP contribution is 2.19. The van der Waals surface area contributed by atoms with Gasteiger partial charge in [-0.15, -0.1) is 0 Å². The maximum absolute atomic E-state index is 11.4. The van der Waals surface area contributed by atoms with Crippen molar-refractivity contribution in [3.63, 3.8) is 0 Å². The van der Waals surface area contributed by atoms with Crippen LogP contribution in [0, 0.1) is 0 Å². The van der Waals surface area contributed by atoms with Crippen LogP contribution in [0.3, 0.4) is 0 Å². The molecule has 2 aromatic rings. The van der Waals surface area contributed by atoms with Gasteiger partial charge >= 0.3 is 5.69 Å². The summed E-state index contributed by atoms with van der Waals surface area (Å²) in [5, 5.41) is 15.5. The van der Waals surface area contributed by atoms with Gasteiger partial charge in [0.25, 0.3) is 0 Å². The smallest absolute Gasteiger partial charge is 0.348 e. The Morgan fingerprint density at radius 2 is 2.47 bits per heavy atom. The fraction of sp³-hybridized carbons (Fsp3) is 0.545. The first kappa shape index (κ1) is 12.1. The van der Waals surface area contributed by atoms with E-state index >= 15 is 0 Å². The number of H-pyrrole nitrogens is 1. The number of aliphatic hydroxyl groups is 1. The summed E-state index contributed by atoms with van der Waals surface area (Å²) in [4.78, 5) is 17.7. The van der Waals surface area contributed by atoms with Crippen molar-refractivity contribution in [3.8, 4) is 0 Å². The summed E-state index contributed by atoms with van der Waals surface area (Å²) in [6.07, 6.45) is 1.24. The van der Waals surface area contributed by atoms with Gasteiger partial charge in [-0.2, -0.15) is 5.10 Å². The lowest BCUT2D eigenvalue weighted by molar-refractivity contribution is -0.0105. The molecule has 19 heavy (non-hydrogen) atoms. The lowest BCUT2D eigenvalue weighted by Gasteiger charge is -2.38. The standard InChI is InChI=1S/C11H15N5O3/c1-7-5-19-8(4-17)3-15(7)9-2-10-13-14-11(18)16(10)6-12-9/h2,6-8,17H,3-5H2,1H3,(H,14,18). The molecular weight excluding hydrogens is 250 g/mol. The number of anilines is 1. The molecule has 102 valence electrons. The molecule has 1 fully saturated rings. The van der Waals surface area contributed by atoms with Gasteiger partial charge in [-0.3, -0.25) is 0 Å². The summed E-state index contributed by atoms with van der Waals surface area (Å²) in [6.45, 7) is 3.10. The Labute approximate surface area is 108 Å². The molecule has 0 aliphatic carbocycles. The van der Waals surface area contributed by atoms with E-state index in [0.717, 1.165) is 5.82 Å². The van der Waals surface area contributed by atoms with Crippen molar-refractivity contribution < 1.29 is 9.84 Å². The van der Waals surface area contributed by atoms with Crippen molar-refractivity contribution in [3.05, 3.63) is 22.9 Å². The number of morpholine rings is 1. The van der Waals surface area contributed by atoms with Gasteiger partial charge in [0, 0.05) is 12.6 Å². The van der Waals surface area contributed by atoms with E-state index in [1.165, 1.54) is 10.7 Å². The SMILES string of the molecule is CC1COC(CO)CN1c1cc2n[nH]c(=O)n2cn1. The van der Waals surface area contributed by atoms with Crippen LogP contribution in [-0.4, -0.2) is 56.6 Å². The van der Waals surface area contributed by atoms with Gasteiger partial charge in [0.2, 0.25) is 0 Å². The van der Waals surface area contributed by atoms with Crippen molar-refractivity contribution in [2.75, 3.05) is 24.7 Å². The van der Waals surface area contributed by atoms with E-state index in [9.17, 15) is 9.90 Å². The topological polar surface area (TPSA) is 95.8 Å². The zero-order chi connectivity index (χ0) is 13.4. The summed E-state index contributed by atoms with van der Waals surface area (Å²) in [7, 11) is 0. The number of ether oxygens (including phenoxy) is 1. The number of fused-ring (bicyclic) bond motifs is 1. The third-order valence-electron chi connectivity index (χ3n) is 3.30. The minimum absolute atomic E-state index is 0.0205. The fourth-order valence-corrected chi connectivity index (χ4v) is 2.20. The normalized spacial score (nSPS) is 24.0. The molecule has 2 aromatic heterocycles. The van der Waals surface area contributed by atoms with Crippen LogP contribution < -0.4 is 10.6 Å². The van der Waals surface area contributed by atoms with E-state index < -0.39 is 0 Å². The fourth-order valence-electron chi connectivity index (χ4n) is 2.20. The van der Waals surface area contributed by atoms with E-state index in [0.29, 0.717) is 18.8 Å². The van der Waals surface area contributed by atoms with Crippen molar-refractivity contribution >= 4 is 11.5 Å². The molecular formula is C11H15N5O3. The quantitative estimate of drug-likeness (QED) is 0.723. The maximum Gasteiger partial charge on any atom is 0.348 e. The van der Waals surface area contributed by atoms with Crippen LogP contribution in [0.1, 0.15) is 6.92 Å². The van der Waals surface area contributed by atoms with Crippen LogP contribution in [0.2, 0.25) is 0 Å². The Hall–Kier alpha value is -1.93. The minimum Gasteiger partial charge on any atom is -0.394 e. The van der Waals surface area contributed by atoms with E-state index in [-0.39, 0.29) is 24.4 Å². The average molecular weight is 265 g/mol. The lowest BCUT2D eigenvalue weighted by Crippen LogP contribution is -2.50. The summed E-state index contributed by atoms with van der Waals surface area (Å²) >= 11 is 0. The molecule has 0 saturated carbocycles. The van der Waals surface area contributed by atoms with Gasteiger partial charge in [-0.25, -0.2) is 19.3 Å². The Kier molecular flexibility index (Phi) is 2.96. The maximum atomic E-state index is 11.4. The van der Waals surface area contributed by atoms with Crippen LogP contribution in [0.15, 0.2) is 17.2 Å². The second-order valence-electron chi connectivity index (χ2n) is 4.64. The van der Waals surface area contributed by atoms with Gasteiger partial charge in [0.15, 0.2) is 5.65 Å². The summed E-state index contributed by atoms with van der Waals surface area (Å²) < 4.78 is 6.83. The van der Waals surface area contributed by atoms with E-state index in [2.05, 4.69) is 15.2 Å². The summed E-state index contributed by atoms with van der Waals surface area (Å²) in [5.41, 5.74) is 0.214. The van der Waals surface area contributed by atoms with Gasteiger partial charge < -0.3 is 14.7 Å². The highest BCUT2D eigenvalue weighted by atomic mass is 16.5. The van der Waals surface area contributed by atoms with Crippen LogP contribution in [0.25, 0.3) is 5.65 Å². The van der Waals surface area contributed by atoms with Crippen LogP contribution in [0.5, 0.6) is 0 Å². The average Bonchev–Trinajstić information content (AvgIpc) is 2.80. The number of hydrogen-bond donors (Lipinski definition) is 2. The first-order valence-corrected chi connectivity index (χ1v) is 6.11. The van der Waals surface area contributed by atoms with Crippen LogP contribution in [0.4, 0.5) is 5.82 Å². The van der Waals surface area contributed by atoms with Gasteiger partial charge in [-0.05, 0) is 6.92 Å². The molecule has 0 amide bonds.